The Kier molecular flexibility index (Phi) is 5.35. The molecule has 0 heterocycles. The fourth-order valence-electron chi connectivity index (χ4n) is 2.43. The first-order valence-electron chi connectivity index (χ1n) is 7.75. The SMILES string of the molecule is Cc1ccc(-c2ccc(C#Cc3cc(F)c(C#N)c(F)c3)c(I)c2)cc1. The Labute approximate surface area is 164 Å². The molecule has 0 saturated heterocycles. The number of benzene rings is 3. The van der Waals surface area contributed by atoms with Gasteiger partial charge in [0.15, 0.2) is 0 Å². The van der Waals surface area contributed by atoms with E-state index in [9.17, 15) is 8.78 Å². The maximum atomic E-state index is 13.7. The van der Waals surface area contributed by atoms with Gasteiger partial charge in [-0.2, -0.15) is 5.26 Å². The van der Waals surface area contributed by atoms with Gasteiger partial charge in [0.1, 0.15) is 23.3 Å². The van der Waals surface area contributed by atoms with Gasteiger partial charge in [0, 0.05) is 14.7 Å². The fraction of sp³-hybridized carbons (Fsp3) is 0.0455. The van der Waals surface area contributed by atoms with Gasteiger partial charge < -0.3 is 0 Å². The van der Waals surface area contributed by atoms with Crippen LogP contribution < -0.4 is 0 Å². The van der Waals surface area contributed by atoms with Crippen LogP contribution >= 0.6 is 22.6 Å². The van der Waals surface area contributed by atoms with Gasteiger partial charge >= 0.3 is 0 Å². The summed E-state index contributed by atoms with van der Waals surface area (Å²) >= 11 is 2.19. The van der Waals surface area contributed by atoms with Crippen molar-refractivity contribution in [2.75, 3.05) is 0 Å². The molecule has 3 aromatic rings. The van der Waals surface area contributed by atoms with E-state index >= 15 is 0 Å². The van der Waals surface area contributed by atoms with Crippen LogP contribution in [0, 0.1) is 45.3 Å². The molecule has 0 saturated carbocycles. The Balaban J connectivity index is 1.92. The zero-order valence-corrected chi connectivity index (χ0v) is 15.9. The molecule has 3 aromatic carbocycles. The Hall–Kier alpha value is -2.70. The van der Waals surface area contributed by atoms with E-state index in [2.05, 4.69) is 58.7 Å². The third kappa shape index (κ3) is 3.92. The molecule has 26 heavy (non-hydrogen) atoms. The van der Waals surface area contributed by atoms with Gasteiger partial charge in [-0.1, -0.05) is 47.7 Å². The molecule has 0 amide bonds. The van der Waals surface area contributed by atoms with Crippen molar-refractivity contribution in [2.24, 2.45) is 0 Å². The van der Waals surface area contributed by atoms with Crippen molar-refractivity contribution in [3.63, 3.8) is 0 Å². The molecule has 0 aromatic heterocycles. The van der Waals surface area contributed by atoms with Crippen LogP contribution in [0.4, 0.5) is 8.78 Å². The monoisotopic (exact) mass is 455 g/mol. The molecular weight excluding hydrogens is 443 g/mol. The minimum Gasteiger partial charge on any atom is -0.205 e. The summed E-state index contributed by atoms with van der Waals surface area (Å²) in [5.41, 5.74) is 3.77. The lowest BCUT2D eigenvalue weighted by Gasteiger charge is -2.05. The Morgan fingerprint density at radius 3 is 2.04 bits per heavy atom. The standard InChI is InChI=1S/C22H12F2IN/c1-14-2-5-16(6-3-14)18-9-8-17(22(25)12-18)7-4-15-10-20(23)19(13-26)21(24)11-15/h2-3,5-6,8-12H,1H3. The van der Waals surface area contributed by atoms with Gasteiger partial charge in [-0.05, 0) is 64.9 Å². The molecule has 0 fully saturated rings. The summed E-state index contributed by atoms with van der Waals surface area (Å²) in [4.78, 5) is 0. The highest BCUT2D eigenvalue weighted by Crippen LogP contribution is 2.24. The summed E-state index contributed by atoms with van der Waals surface area (Å²) in [5.74, 6) is 3.89. The van der Waals surface area contributed by atoms with Crippen molar-refractivity contribution in [1.29, 1.82) is 5.26 Å². The van der Waals surface area contributed by atoms with Crippen molar-refractivity contribution in [3.05, 3.63) is 92.1 Å². The quantitative estimate of drug-likeness (QED) is 0.335. The van der Waals surface area contributed by atoms with Gasteiger partial charge in [0.25, 0.3) is 0 Å². The highest BCUT2D eigenvalue weighted by atomic mass is 127. The van der Waals surface area contributed by atoms with E-state index < -0.39 is 17.2 Å². The van der Waals surface area contributed by atoms with Crippen LogP contribution in [0.1, 0.15) is 22.3 Å². The maximum absolute atomic E-state index is 13.7. The first-order chi connectivity index (χ1) is 12.5. The molecule has 0 aliphatic rings. The summed E-state index contributed by atoms with van der Waals surface area (Å²) < 4.78 is 28.3. The lowest BCUT2D eigenvalue weighted by Crippen LogP contribution is -1.92. The molecule has 0 N–H and O–H groups in total. The summed E-state index contributed by atoms with van der Waals surface area (Å²) in [5, 5.41) is 8.70. The van der Waals surface area contributed by atoms with Crippen molar-refractivity contribution in [2.45, 2.75) is 6.92 Å². The van der Waals surface area contributed by atoms with E-state index in [4.69, 9.17) is 5.26 Å². The molecule has 0 aliphatic carbocycles. The van der Waals surface area contributed by atoms with Crippen LogP contribution in [0.15, 0.2) is 54.6 Å². The number of aryl methyl sites for hydroxylation is 1. The molecule has 0 spiro atoms. The van der Waals surface area contributed by atoms with Gasteiger partial charge in [-0.25, -0.2) is 8.78 Å². The number of hydrogen-bond acceptors (Lipinski definition) is 1. The second-order valence-electron chi connectivity index (χ2n) is 5.74. The summed E-state index contributed by atoms with van der Waals surface area (Å²) in [6.45, 7) is 2.04. The van der Waals surface area contributed by atoms with E-state index in [0.29, 0.717) is 0 Å². The lowest BCUT2D eigenvalue weighted by atomic mass is 10.0. The number of halogens is 3. The molecule has 4 heteroatoms. The van der Waals surface area contributed by atoms with Crippen LogP contribution in [0.3, 0.4) is 0 Å². The predicted octanol–water partition coefficient (Wildman–Crippen LogP) is 5.82. The smallest absolute Gasteiger partial charge is 0.145 e. The molecule has 0 bridgehead atoms. The van der Waals surface area contributed by atoms with Crippen LogP contribution in [0.2, 0.25) is 0 Å². The molecule has 0 aliphatic heterocycles. The van der Waals surface area contributed by atoms with Crippen LogP contribution in [-0.4, -0.2) is 0 Å². The molecule has 1 nitrogen and oxygen atoms in total. The van der Waals surface area contributed by atoms with Crippen molar-refractivity contribution >= 4 is 22.6 Å². The van der Waals surface area contributed by atoms with Crippen LogP contribution in [0.5, 0.6) is 0 Å². The third-order valence-electron chi connectivity index (χ3n) is 3.85. The minimum atomic E-state index is -0.902. The van der Waals surface area contributed by atoms with E-state index in [0.717, 1.165) is 32.4 Å². The predicted molar refractivity (Wildman–Crippen MR) is 106 cm³/mol. The number of rotatable bonds is 1. The van der Waals surface area contributed by atoms with Crippen LogP contribution in [0.25, 0.3) is 11.1 Å². The van der Waals surface area contributed by atoms with Gasteiger partial charge in [-0.15, -0.1) is 0 Å². The van der Waals surface area contributed by atoms with Gasteiger partial charge in [0.05, 0.1) is 0 Å². The molecular formula is C22H12F2IN. The zero-order valence-electron chi connectivity index (χ0n) is 13.8. The molecule has 3 rings (SSSR count). The summed E-state index contributed by atoms with van der Waals surface area (Å²) in [6, 6.07) is 17.8. The van der Waals surface area contributed by atoms with Gasteiger partial charge in [0.2, 0.25) is 0 Å². The van der Waals surface area contributed by atoms with Crippen molar-refractivity contribution < 1.29 is 8.78 Å². The molecule has 0 atom stereocenters. The van der Waals surface area contributed by atoms with E-state index in [1.165, 1.54) is 11.6 Å². The highest BCUT2D eigenvalue weighted by molar-refractivity contribution is 14.1. The highest BCUT2D eigenvalue weighted by Gasteiger charge is 2.09. The van der Waals surface area contributed by atoms with E-state index in [-0.39, 0.29) is 5.56 Å². The summed E-state index contributed by atoms with van der Waals surface area (Å²) in [6.07, 6.45) is 0. The molecule has 126 valence electrons. The number of nitrogens with zero attached hydrogens (tertiary/aromatic N) is 1. The number of hydrogen-bond donors (Lipinski definition) is 0. The summed E-state index contributed by atoms with van der Waals surface area (Å²) in [7, 11) is 0. The average molecular weight is 455 g/mol. The lowest BCUT2D eigenvalue weighted by molar-refractivity contribution is 0.576. The van der Waals surface area contributed by atoms with Crippen molar-refractivity contribution in [1.82, 2.24) is 0 Å². The Morgan fingerprint density at radius 2 is 1.46 bits per heavy atom. The maximum Gasteiger partial charge on any atom is 0.145 e. The van der Waals surface area contributed by atoms with E-state index in [1.807, 2.05) is 25.1 Å². The molecule has 0 unspecified atom stereocenters. The van der Waals surface area contributed by atoms with E-state index in [1.54, 1.807) is 0 Å². The minimum absolute atomic E-state index is 0.192. The second kappa shape index (κ2) is 7.68. The second-order valence-corrected chi connectivity index (χ2v) is 6.90. The largest absolute Gasteiger partial charge is 0.205 e. The topological polar surface area (TPSA) is 23.8 Å². The Bertz CT molecular complexity index is 1060. The zero-order chi connectivity index (χ0) is 18.7. The fourth-order valence-corrected chi connectivity index (χ4v) is 3.08. The van der Waals surface area contributed by atoms with Gasteiger partial charge in [-0.3, -0.25) is 0 Å². The average Bonchev–Trinajstić information content (AvgIpc) is 2.61. The Morgan fingerprint density at radius 1 is 0.846 bits per heavy atom. The van der Waals surface area contributed by atoms with Crippen molar-refractivity contribution in [3.8, 4) is 29.0 Å². The first-order valence-corrected chi connectivity index (χ1v) is 8.83. The molecule has 0 radical (unpaired) electrons. The number of nitriles is 1. The first kappa shape index (κ1) is 18.1. The third-order valence-corrected chi connectivity index (χ3v) is 4.74. The normalized spacial score (nSPS) is 9.96. The van der Waals surface area contributed by atoms with Crippen LogP contribution in [-0.2, 0) is 0 Å².